The molecule has 2 heterocycles. The normalized spacial score (nSPS) is 10.5. The largest absolute Gasteiger partial charge is 0.326 e. The fraction of sp³-hybridized carbons (Fsp3) is 0.300. The van der Waals surface area contributed by atoms with Crippen molar-refractivity contribution in [2.75, 3.05) is 0 Å². The van der Waals surface area contributed by atoms with E-state index in [1.54, 1.807) is 23.1 Å². The van der Waals surface area contributed by atoms with Crippen molar-refractivity contribution in [1.82, 2.24) is 19.7 Å². The van der Waals surface area contributed by atoms with Crippen molar-refractivity contribution in [3.8, 4) is 11.4 Å². The molecule has 78 valence electrons. The molecule has 2 aromatic rings. The highest BCUT2D eigenvalue weighted by Crippen LogP contribution is 2.11. The lowest BCUT2D eigenvalue weighted by atomic mass is 10.3. The van der Waals surface area contributed by atoms with E-state index in [-0.39, 0.29) is 5.56 Å². The highest BCUT2D eigenvalue weighted by molar-refractivity contribution is 5.52. The van der Waals surface area contributed by atoms with E-state index < -0.39 is 0 Å². The van der Waals surface area contributed by atoms with Gasteiger partial charge in [0.15, 0.2) is 5.69 Å². The first-order chi connectivity index (χ1) is 7.33. The van der Waals surface area contributed by atoms with Crippen LogP contribution < -0.4 is 5.56 Å². The van der Waals surface area contributed by atoms with Crippen LogP contribution in [0.15, 0.2) is 29.5 Å². The first kappa shape index (κ1) is 9.64. The second kappa shape index (κ2) is 4.08. The Morgan fingerprint density at radius 1 is 1.47 bits per heavy atom. The van der Waals surface area contributed by atoms with Crippen molar-refractivity contribution in [2.24, 2.45) is 0 Å². The van der Waals surface area contributed by atoms with E-state index in [1.807, 2.05) is 0 Å². The topological polar surface area (TPSA) is 63.6 Å². The molecule has 0 atom stereocenters. The molecular formula is C10H12N4O. The highest BCUT2D eigenvalue weighted by Gasteiger charge is 2.09. The molecule has 0 aliphatic rings. The van der Waals surface area contributed by atoms with Crippen molar-refractivity contribution in [3.63, 3.8) is 0 Å². The van der Waals surface area contributed by atoms with Crippen LogP contribution >= 0.6 is 0 Å². The summed E-state index contributed by atoms with van der Waals surface area (Å²) < 4.78 is 1.79. The van der Waals surface area contributed by atoms with Crippen molar-refractivity contribution in [1.29, 1.82) is 0 Å². The van der Waals surface area contributed by atoms with Gasteiger partial charge in [0.05, 0.1) is 5.69 Å². The summed E-state index contributed by atoms with van der Waals surface area (Å²) in [7, 11) is 0. The number of nitrogens with zero attached hydrogens (tertiary/aromatic N) is 3. The van der Waals surface area contributed by atoms with E-state index in [4.69, 9.17) is 0 Å². The van der Waals surface area contributed by atoms with E-state index in [1.165, 1.54) is 6.20 Å². The zero-order valence-corrected chi connectivity index (χ0v) is 8.47. The van der Waals surface area contributed by atoms with Gasteiger partial charge in [0.2, 0.25) is 0 Å². The fourth-order valence-corrected chi connectivity index (χ4v) is 1.46. The van der Waals surface area contributed by atoms with Gasteiger partial charge in [-0.3, -0.25) is 9.48 Å². The molecule has 0 fully saturated rings. The number of H-pyrrole nitrogens is 1. The van der Waals surface area contributed by atoms with Crippen LogP contribution in [-0.2, 0) is 6.54 Å². The number of nitrogens with one attached hydrogen (secondary N) is 1. The third-order valence-electron chi connectivity index (χ3n) is 2.10. The highest BCUT2D eigenvalue weighted by atomic mass is 16.1. The van der Waals surface area contributed by atoms with Gasteiger partial charge in [-0.15, -0.1) is 0 Å². The van der Waals surface area contributed by atoms with Gasteiger partial charge < -0.3 is 4.98 Å². The van der Waals surface area contributed by atoms with Crippen LogP contribution in [0.4, 0.5) is 0 Å². The van der Waals surface area contributed by atoms with Crippen LogP contribution in [-0.4, -0.2) is 19.7 Å². The second-order valence-electron chi connectivity index (χ2n) is 3.21. The fourth-order valence-electron chi connectivity index (χ4n) is 1.46. The van der Waals surface area contributed by atoms with Crippen molar-refractivity contribution < 1.29 is 0 Å². The van der Waals surface area contributed by atoms with Crippen molar-refractivity contribution in [2.45, 2.75) is 19.9 Å². The number of hydrogen-bond acceptors (Lipinski definition) is 3. The zero-order valence-electron chi connectivity index (χ0n) is 8.47. The molecule has 0 aromatic carbocycles. The van der Waals surface area contributed by atoms with Gasteiger partial charge in [0.25, 0.3) is 5.56 Å². The minimum atomic E-state index is -0.185. The first-order valence-electron chi connectivity index (χ1n) is 4.89. The summed E-state index contributed by atoms with van der Waals surface area (Å²) in [5.74, 6) is 0. The van der Waals surface area contributed by atoms with E-state index in [0.29, 0.717) is 5.69 Å². The summed E-state index contributed by atoms with van der Waals surface area (Å²) in [6.45, 7) is 2.85. The van der Waals surface area contributed by atoms with Gasteiger partial charge in [-0.05, 0) is 12.5 Å². The Morgan fingerprint density at radius 3 is 3.07 bits per heavy atom. The SMILES string of the molecule is CCCn1nccc1-c1ncc[nH]c1=O. The minimum Gasteiger partial charge on any atom is -0.326 e. The average molecular weight is 204 g/mol. The van der Waals surface area contributed by atoms with Crippen molar-refractivity contribution in [3.05, 3.63) is 35.0 Å². The third kappa shape index (κ3) is 1.81. The Bertz CT molecular complexity index is 500. The lowest BCUT2D eigenvalue weighted by Gasteiger charge is -2.03. The van der Waals surface area contributed by atoms with Crippen LogP contribution in [0.1, 0.15) is 13.3 Å². The smallest absolute Gasteiger partial charge is 0.276 e. The van der Waals surface area contributed by atoms with Gasteiger partial charge >= 0.3 is 0 Å². The number of aryl methyl sites for hydroxylation is 1. The first-order valence-corrected chi connectivity index (χ1v) is 4.89. The van der Waals surface area contributed by atoms with Crippen LogP contribution in [0.25, 0.3) is 11.4 Å². The third-order valence-corrected chi connectivity index (χ3v) is 2.10. The molecule has 5 nitrogen and oxygen atoms in total. The van der Waals surface area contributed by atoms with Crippen LogP contribution in [0.3, 0.4) is 0 Å². The Morgan fingerprint density at radius 2 is 2.33 bits per heavy atom. The Labute approximate surface area is 86.8 Å². The number of hydrogen-bond donors (Lipinski definition) is 1. The van der Waals surface area contributed by atoms with E-state index >= 15 is 0 Å². The predicted octanol–water partition coefficient (Wildman–Crippen LogP) is 1.04. The van der Waals surface area contributed by atoms with Gasteiger partial charge in [-0.1, -0.05) is 6.92 Å². The summed E-state index contributed by atoms with van der Waals surface area (Å²) in [6.07, 6.45) is 5.74. The second-order valence-corrected chi connectivity index (χ2v) is 3.21. The summed E-state index contributed by atoms with van der Waals surface area (Å²) in [4.78, 5) is 18.2. The molecule has 0 aliphatic carbocycles. The lowest BCUT2D eigenvalue weighted by Crippen LogP contribution is -2.13. The van der Waals surface area contributed by atoms with Crippen LogP contribution in [0.2, 0.25) is 0 Å². The van der Waals surface area contributed by atoms with E-state index in [0.717, 1.165) is 18.7 Å². The Kier molecular flexibility index (Phi) is 2.62. The molecule has 1 N–H and O–H groups in total. The molecule has 15 heavy (non-hydrogen) atoms. The average Bonchev–Trinajstić information content (AvgIpc) is 2.67. The van der Waals surface area contributed by atoms with Gasteiger partial charge in [-0.2, -0.15) is 5.10 Å². The maximum absolute atomic E-state index is 11.5. The molecule has 0 unspecified atom stereocenters. The van der Waals surface area contributed by atoms with E-state index in [9.17, 15) is 4.79 Å². The molecule has 2 aromatic heterocycles. The molecule has 0 spiro atoms. The molecule has 5 heteroatoms. The summed E-state index contributed by atoms with van der Waals surface area (Å²) in [5.41, 5.74) is 0.998. The zero-order chi connectivity index (χ0) is 10.7. The maximum atomic E-state index is 11.5. The van der Waals surface area contributed by atoms with E-state index in [2.05, 4.69) is 22.0 Å². The monoisotopic (exact) mass is 204 g/mol. The quantitative estimate of drug-likeness (QED) is 0.812. The van der Waals surface area contributed by atoms with Gasteiger partial charge in [-0.25, -0.2) is 4.98 Å². The molecule has 0 saturated heterocycles. The Hall–Kier alpha value is -1.91. The molecule has 0 aliphatic heterocycles. The summed E-state index contributed by atoms with van der Waals surface area (Å²) in [5, 5.41) is 4.15. The molecule has 2 rings (SSSR count). The lowest BCUT2D eigenvalue weighted by molar-refractivity contribution is 0.607. The molecular weight excluding hydrogens is 192 g/mol. The summed E-state index contributed by atoms with van der Waals surface area (Å²) >= 11 is 0. The predicted molar refractivity (Wildman–Crippen MR) is 56.4 cm³/mol. The number of rotatable bonds is 3. The maximum Gasteiger partial charge on any atom is 0.276 e. The van der Waals surface area contributed by atoms with Crippen LogP contribution in [0, 0.1) is 0 Å². The summed E-state index contributed by atoms with van der Waals surface area (Å²) in [6, 6.07) is 1.80. The number of aromatic amines is 1. The minimum absolute atomic E-state index is 0.185. The van der Waals surface area contributed by atoms with Crippen LogP contribution in [0.5, 0.6) is 0 Å². The molecule has 0 saturated carbocycles. The number of aromatic nitrogens is 4. The van der Waals surface area contributed by atoms with Gasteiger partial charge in [0.1, 0.15) is 0 Å². The standard InChI is InChI=1S/C10H12N4O/c1-2-7-14-8(3-4-13-14)9-10(15)12-6-5-11-9/h3-6H,2,7H2,1H3,(H,12,15). The molecule has 0 amide bonds. The molecule has 0 bridgehead atoms. The van der Waals surface area contributed by atoms with Gasteiger partial charge in [0, 0.05) is 25.1 Å². The molecule has 0 radical (unpaired) electrons. The Balaban J connectivity index is 2.50. The van der Waals surface area contributed by atoms with Crippen molar-refractivity contribution >= 4 is 0 Å².